The Labute approximate surface area is 115 Å². The summed E-state index contributed by atoms with van der Waals surface area (Å²) in [4.78, 5) is 0.135. The Balaban J connectivity index is 2.03. The summed E-state index contributed by atoms with van der Waals surface area (Å²) in [6, 6.07) is 4.60. The molecule has 0 aliphatic carbocycles. The van der Waals surface area contributed by atoms with E-state index in [-0.39, 0.29) is 11.4 Å². The molecule has 0 aliphatic rings. The van der Waals surface area contributed by atoms with Crippen LogP contribution in [0.25, 0.3) is 0 Å². The quantitative estimate of drug-likeness (QED) is 0.846. The van der Waals surface area contributed by atoms with E-state index in [1.165, 1.54) is 12.1 Å². The Morgan fingerprint density at radius 2 is 2.21 bits per heavy atom. The number of H-pyrrole nitrogens is 1. The first-order valence-electron chi connectivity index (χ1n) is 5.47. The Hall–Kier alpha value is -1.51. The number of nitrogens with one attached hydrogen (secondary N) is 2. The SMILES string of the molecule is Cc1ccc(S(=O)(=O)NCCc2nn[nH]n2)cc1Cl. The van der Waals surface area contributed by atoms with E-state index in [1.54, 1.807) is 6.07 Å². The van der Waals surface area contributed by atoms with E-state index < -0.39 is 10.0 Å². The van der Waals surface area contributed by atoms with E-state index in [0.717, 1.165) is 5.56 Å². The second-order valence-corrected chi connectivity index (χ2v) is 6.06. The number of aromatic nitrogens is 4. The molecule has 0 unspecified atom stereocenters. The lowest BCUT2D eigenvalue weighted by Gasteiger charge is -2.07. The highest BCUT2D eigenvalue weighted by Gasteiger charge is 2.14. The molecule has 0 amide bonds. The van der Waals surface area contributed by atoms with Gasteiger partial charge in [-0.15, -0.1) is 10.2 Å². The van der Waals surface area contributed by atoms with Crippen LogP contribution in [0.2, 0.25) is 5.02 Å². The fourth-order valence-corrected chi connectivity index (χ4v) is 2.71. The first-order chi connectivity index (χ1) is 8.99. The van der Waals surface area contributed by atoms with Crippen LogP contribution in [-0.2, 0) is 16.4 Å². The standard InChI is InChI=1S/C10H12ClN5O2S/c1-7-2-3-8(6-9(7)11)19(17,18)12-5-4-10-13-15-16-14-10/h2-3,6,12H,4-5H2,1H3,(H,13,14,15,16). The van der Waals surface area contributed by atoms with Gasteiger partial charge >= 0.3 is 0 Å². The van der Waals surface area contributed by atoms with Crippen molar-refractivity contribution in [3.63, 3.8) is 0 Å². The van der Waals surface area contributed by atoms with E-state index in [1.807, 2.05) is 6.92 Å². The maximum Gasteiger partial charge on any atom is 0.240 e. The van der Waals surface area contributed by atoms with Crippen LogP contribution < -0.4 is 4.72 Å². The zero-order valence-corrected chi connectivity index (χ0v) is 11.7. The number of hydrogen-bond acceptors (Lipinski definition) is 5. The van der Waals surface area contributed by atoms with Crippen molar-refractivity contribution in [3.8, 4) is 0 Å². The minimum absolute atomic E-state index is 0.135. The van der Waals surface area contributed by atoms with Crippen LogP contribution in [0.1, 0.15) is 11.4 Å². The van der Waals surface area contributed by atoms with Gasteiger partial charge in [-0.1, -0.05) is 22.9 Å². The van der Waals surface area contributed by atoms with Gasteiger partial charge in [0.25, 0.3) is 0 Å². The van der Waals surface area contributed by atoms with Crippen molar-refractivity contribution in [2.24, 2.45) is 0 Å². The minimum Gasteiger partial charge on any atom is -0.211 e. The molecule has 0 spiro atoms. The maximum atomic E-state index is 12.0. The monoisotopic (exact) mass is 301 g/mol. The fraction of sp³-hybridized carbons (Fsp3) is 0.300. The lowest BCUT2D eigenvalue weighted by Crippen LogP contribution is -2.26. The average molecular weight is 302 g/mol. The molecule has 0 atom stereocenters. The largest absolute Gasteiger partial charge is 0.240 e. The minimum atomic E-state index is -3.57. The zero-order valence-electron chi connectivity index (χ0n) is 10.1. The molecule has 1 aromatic heterocycles. The molecule has 9 heteroatoms. The van der Waals surface area contributed by atoms with Crippen LogP contribution in [0.15, 0.2) is 23.1 Å². The second kappa shape index (κ2) is 5.64. The number of tetrazole rings is 1. The average Bonchev–Trinajstić information content (AvgIpc) is 2.85. The van der Waals surface area contributed by atoms with Gasteiger partial charge in [0.05, 0.1) is 4.90 Å². The van der Waals surface area contributed by atoms with E-state index in [0.29, 0.717) is 17.3 Å². The molecule has 2 rings (SSSR count). The van der Waals surface area contributed by atoms with Crippen molar-refractivity contribution in [1.29, 1.82) is 0 Å². The summed E-state index contributed by atoms with van der Waals surface area (Å²) in [6.07, 6.45) is 0.356. The molecule has 102 valence electrons. The number of hydrogen-bond donors (Lipinski definition) is 2. The molecular weight excluding hydrogens is 290 g/mol. The molecule has 1 aromatic carbocycles. The van der Waals surface area contributed by atoms with Crippen molar-refractivity contribution < 1.29 is 8.42 Å². The molecule has 7 nitrogen and oxygen atoms in total. The molecule has 0 fully saturated rings. The maximum absolute atomic E-state index is 12.0. The van der Waals surface area contributed by atoms with Crippen LogP contribution in [-0.4, -0.2) is 35.6 Å². The van der Waals surface area contributed by atoms with Gasteiger partial charge in [-0.2, -0.15) is 5.21 Å². The number of aromatic amines is 1. The summed E-state index contributed by atoms with van der Waals surface area (Å²) in [5.41, 5.74) is 0.826. The molecule has 0 aliphatic heterocycles. The van der Waals surface area contributed by atoms with Crippen LogP contribution in [0.3, 0.4) is 0 Å². The number of aryl methyl sites for hydroxylation is 1. The molecule has 19 heavy (non-hydrogen) atoms. The van der Waals surface area contributed by atoms with Gasteiger partial charge < -0.3 is 0 Å². The Morgan fingerprint density at radius 1 is 1.42 bits per heavy atom. The van der Waals surface area contributed by atoms with Crippen molar-refractivity contribution >= 4 is 21.6 Å². The Bertz CT molecular complexity index is 657. The van der Waals surface area contributed by atoms with Gasteiger partial charge in [-0.25, -0.2) is 13.1 Å². The highest BCUT2D eigenvalue weighted by molar-refractivity contribution is 7.89. The third-order valence-corrected chi connectivity index (χ3v) is 4.35. The number of rotatable bonds is 5. The predicted molar refractivity (Wildman–Crippen MR) is 69.3 cm³/mol. The predicted octanol–water partition coefficient (Wildman–Crippen LogP) is 0.683. The molecule has 2 N–H and O–H groups in total. The summed E-state index contributed by atoms with van der Waals surface area (Å²) in [5.74, 6) is 0.449. The number of benzene rings is 1. The lowest BCUT2D eigenvalue weighted by molar-refractivity contribution is 0.581. The lowest BCUT2D eigenvalue weighted by atomic mass is 10.2. The van der Waals surface area contributed by atoms with Gasteiger partial charge in [0.1, 0.15) is 0 Å². The van der Waals surface area contributed by atoms with Crippen molar-refractivity contribution in [2.75, 3.05) is 6.54 Å². The van der Waals surface area contributed by atoms with Crippen LogP contribution in [0, 0.1) is 6.92 Å². The zero-order chi connectivity index (χ0) is 13.9. The molecule has 2 aromatic rings. The summed E-state index contributed by atoms with van der Waals surface area (Å²) in [6.45, 7) is 2.00. The first-order valence-corrected chi connectivity index (χ1v) is 7.33. The number of halogens is 1. The topological polar surface area (TPSA) is 101 Å². The molecular formula is C10H12ClN5O2S. The van der Waals surface area contributed by atoms with Gasteiger partial charge in [-0.3, -0.25) is 0 Å². The summed E-state index contributed by atoms with van der Waals surface area (Å²) >= 11 is 5.91. The third kappa shape index (κ3) is 3.49. The van der Waals surface area contributed by atoms with E-state index in [4.69, 9.17) is 11.6 Å². The molecule has 0 radical (unpaired) electrons. The molecule has 0 saturated heterocycles. The van der Waals surface area contributed by atoms with Crippen molar-refractivity contribution in [2.45, 2.75) is 18.2 Å². The van der Waals surface area contributed by atoms with E-state index >= 15 is 0 Å². The molecule has 1 heterocycles. The smallest absolute Gasteiger partial charge is 0.211 e. The van der Waals surface area contributed by atoms with Crippen LogP contribution >= 0.6 is 11.6 Å². The number of sulfonamides is 1. The number of nitrogens with zero attached hydrogens (tertiary/aromatic N) is 3. The first kappa shape index (κ1) is 13.9. The van der Waals surface area contributed by atoms with Gasteiger partial charge in [0.2, 0.25) is 10.0 Å². The fourth-order valence-electron chi connectivity index (χ4n) is 1.41. The third-order valence-electron chi connectivity index (χ3n) is 2.48. The molecule has 0 bridgehead atoms. The van der Waals surface area contributed by atoms with Gasteiger partial charge in [0.15, 0.2) is 5.82 Å². The Morgan fingerprint density at radius 3 is 2.84 bits per heavy atom. The van der Waals surface area contributed by atoms with E-state index in [9.17, 15) is 8.42 Å². The Kier molecular flexibility index (Phi) is 4.13. The second-order valence-electron chi connectivity index (χ2n) is 3.89. The van der Waals surface area contributed by atoms with Crippen LogP contribution in [0.5, 0.6) is 0 Å². The van der Waals surface area contributed by atoms with E-state index in [2.05, 4.69) is 25.3 Å². The van der Waals surface area contributed by atoms with Crippen LogP contribution in [0.4, 0.5) is 0 Å². The summed E-state index contributed by atoms with van der Waals surface area (Å²) in [5, 5.41) is 13.6. The molecule has 0 saturated carbocycles. The van der Waals surface area contributed by atoms with Gasteiger partial charge in [-0.05, 0) is 24.6 Å². The summed E-state index contributed by atoms with van der Waals surface area (Å²) in [7, 11) is -3.57. The van der Waals surface area contributed by atoms with Crippen molar-refractivity contribution in [3.05, 3.63) is 34.6 Å². The normalized spacial score (nSPS) is 11.7. The van der Waals surface area contributed by atoms with Crippen molar-refractivity contribution in [1.82, 2.24) is 25.3 Å². The highest BCUT2D eigenvalue weighted by Crippen LogP contribution is 2.19. The van der Waals surface area contributed by atoms with Gasteiger partial charge in [0, 0.05) is 18.0 Å². The highest BCUT2D eigenvalue weighted by atomic mass is 35.5. The summed E-state index contributed by atoms with van der Waals surface area (Å²) < 4.78 is 26.4.